The summed E-state index contributed by atoms with van der Waals surface area (Å²) in [5.74, 6) is 0. The Kier molecular flexibility index (Phi) is 11.9. The van der Waals surface area contributed by atoms with Crippen molar-refractivity contribution in [1.29, 1.82) is 0 Å². The number of aliphatic hydroxyl groups excluding tert-OH is 2. The van der Waals surface area contributed by atoms with E-state index in [4.69, 9.17) is 11.5 Å². The number of aliphatic hydroxyl groups is 2. The summed E-state index contributed by atoms with van der Waals surface area (Å²) >= 11 is 0. The lowest BCUT2D eigenvalue weighted by Crippen LogP contribution is -2.44. The molecule has 4 unspecified atom stereocenters. The largest absolute Gasteiger partial charge is 0.390 e. The van der Waals surface area contributed by atoms with E-state index < -0.39 is 12.2 Å². The molecule has 4 atom stereocenters. The van der Waals surface area contributed by atoms with Crippen LogP contribution < -0.4 is 11.5 Å². The molecule has 0 aliphatic carbocycles. The molecule has 0 spiro atoms. The number of nitrogens with two attached hydrogens (primary N) is 2. The van der Waals surface area contributed by atoms with Gasteiger partial charge < -0.3 is 31.5 Å². The minimum Gasteiger partial charge on any atom is -0.390 e. The van der Waals surface area contributed by atoms with Gasteiger partial charge in [-0.3, -0.25) is 0 Å². The SMILES string of the molecule is CN(CCCCN(C)CC(O)C(N)Cc1ccccc1)CC(O)C(N)Cc1ccccc1. The summed E-state index contributed by atoms with van der Waals surface area (Å²) in [5.41, 5.74) is 14.7. The van der Waals surface area contributed by atoms with Crippen LogP contribution in [0, 0.1) is 0 Å². The van der Waals surface area contributed by atoms with Gasteiger partial charge in [-0.25, -0.2) is 0 Å². The highest BCUT2D eigenvalue weighted by Crippen LogP contribution is 2.08. The van der Waals surface area contributed by atoms with E-state index in [0.717, 1.165) is 37.1 Å². The molecule has 0 bridgehead atoms. The van der Waals surface area contributed by atoms with Crippen LogP contribution in [0.5, 0.6) is 0 Å². The van der Waals surface area contributed by atoms with Gasteiger partial charge in [-0.2, -0.15) is 0 Å². The molecule has 6 nitrogen and oxygen atoms in total. The molecule has 0 amide bonds. The molecule has 6 heteroatoms. The quantitative estimate of drug-likeness (QED) is 0.312. The van der Waals surface area contributed by atoms with Gasteiger partial charge in [0.2, 0.25) is 0 Å². The number of hydrogen-bond donors (Lipinski definition) is 4. The molecule has 0 aromatic heterocycles. The highest BCUT2D eigenvalue weighted by Gasteiger charge is 2.18. The summed E-state index contributed by atoms with van der Waals surface area (Å²) < 4.78 is 0. The Labute approximate surface area is 193 Å². The summed E-state index contributed by atoms with van der Waals surface area (Å²) in [6.45, 7) is 2.94. The van der Waals surface area contributed by atoms with Gasteiger partial charge in [0.15, 0.2) is 0 Å². The smallest absolute Gasteiger partial charge is 0.0820 e. The Balaban J connectivity index is 1.58. The zero-order chi connectivity index (χ0) is 23.3. The Morgan fingerprint density at radius 1 is 0.656 bits per heavy atom. The van der Waals surface area contributed by atoms with Crippen LogP contribution in [0.4, 0.5) is 0 Å². The fraction of sp³-hybridized carbons (Fsp3) is 0.538. The first-order valence-electron chi connectivity index (χ1n) is 11.7. The van der Waals surface area contributed by atoms with Crippen LogP contribution in [0.3, 0.4) is 0 Å². The van der Waals surface area contributed by atoms with E-state index >= 15 is 0 Å². The van der Waals surface area contributed by atoms with Gasteiger partial charge in [0.05, 0.1) is 12.2 Å². The van der Waals surface area contributed by atoms with Crippen LogP contribution in [0.2, 0.25) is 0 Å². The summed E-state index contributed by atoms with van der Waals surface area (Å²) in [7, 11) is 4.04. The summed E-state index contributed by atoms with van der Waals surface area (Å²) in [6, 6.07) is 19.6. The van der Waals surface area contributed by atoms with Crippen LogP contribution in [0.25, 0.3) is 0 Å². The standard InChI is InChI=1S/C26H42N4O2/c1-29(19-25(31)23(27)17-21-11-5-3-6-12-21)15-9-10-16-30(2)20-26(32)24(28)18-22-13-7-4-8-14-22/h3-8,11-14,23-26,31-32H,9-10,15-20,27-28H2,1-2H3. The summed E-state index contributed by atoms with van der Waals surface area (Å²) in [6.07, 6.45) is 2.29. The molecule has 0 saturated heterocycles. The van der Waals surface area contributed by atoms with Gasteiger partial charge >= 0.3 is 0 Å². The maximum atomic E-state index is 10.4. The van der Waals surface area contributed by atoms with Crippen LogP contribution >= 0.6 is 0 Å². The topological polar surface area (TPSA) is 99.0 Å². The molecule has 0 aliphatic heterocycles. The van der Waals surface area contributed by atoms with Crippen LogP contribution in [-0.4, -0.2) is 84.6 Å². The molecular formula is C26H42N4O2. The van der Waals surface area contributed by atoms with E-state index in [1.165, 1.54) is 0 Å². The monoisotopic (exact) mass is 442 g/mol. The van der Waals surface area contributed by atoms with E-state index in [2.05, 4.69) is 9.80 Å². The first kappa shape index (κ1) is 26.5. The lowest BCUT2D eigenvalue weighted by molar-refractivity contribution is 0.0956. The maximum absolute atomic E-state index is 10.4. The van der Waals surface area contributed by atoms with E-state index in [-0.39, 0.29) is 12.1 Å². The van der Waals surface area contributed by atoms with Crippen molar-refractivity contribution in [2.45, 2.75) is 50.0 Å². The lowest BCUT2D eigenvalue weighted by Gasteiger charge is -2.26. The molecule has 0 fully saturated rings. The van der Waals surface area contributed by atoms with Crippen molar-refractivity contribution in [2.24, 2.45) is 11.5 Å². The lowest BCUT2D eigenvalue weighted by atomic mass is 10.0. The predicted molar refractivity (Wildman–Crippen MR) is 132 cm³/mol. The molecule has 178 valence electrons. The van der Waals surface area contributed by atoms with Gasteiger partial charge in [0.25, 0.3) is 0 Å². The van der Waals surface area contributed by atoms with E-state index in [0.29, 0.717) is 25.9 Å². The minimum absolute atomic E-state index is 0.271. The molecule has 0 aliphatic rings. The van der Waals surface area contributed by atoms with E-state index in [1.54, 1.807) is 0 Å². The second-order valence-electron chi connectivity index (χ2n) is 9.07. The highest BCUT2D eigenvalue weighted by molar-refractivity contribution is 5.17. The van der Waals surface area contributed by atoms with Crippen molar-refractivity contribution in [3.8, 4) is 0 Å². The maximum Gasteiger partial charge on any atom is 0.0820 e. The first-order valence-corrected chi connectivity index (χ1v) is 11.7. The number of nitrogens with zero attached hydrogens (tertiary/aromatic N) is 2. The van der Waals surface area contributed by atoms with Crippen LogP contribution in [-0.2, 0) is 12.8 Å². The third-order valence-electron chi connectivity index (χ3n) is 5.94. The Morgan fingerprint density at radius 3 is 1.34 bits per heavy atom. The number of benzene rings is 2. The normalized spacial score (nSPS) is 15.6. The van der Waals surface area contributed by atoms with Crippen molar-refractivity contribution in [2.75, 3.05) is 40.3 Å². The zero-order valence-corrected chi connectivity index (χ0v) is 19.7. The van der Waals surface area contributed by atoms with Gasteiger partial charge in [0.1, 0.15) is 0 Å². The second kappa shape index (κ2) is 14.4. The Morgan fingerprint density at radius 2 is 1.00 bits per heavy atom. The van der Waals surface area contributed by atoms with Crippen molar-refractivity contribution in [3.05, 3.63) is 71.8 Å². The molecule has 2 rings (SSSR count). The minimum atomic E-state index is -0.552. The average Bonchev–Trinajstić information content (AvgIpc) is 2.78. The molecule has 2 aromatic carbocycles. The number of hydrogen-bond acceptors (Lipinski definition) is 6. The van der Waals surface area contributed by atoms with Crippen molar-refractivity contribution in [3.63, 3.8) is 0 Å². The van der Waals surface area contributed by atoms with Gasteiger partial charge in [-0.15, -0.1) is 0 Å². The number of rotatable bonds is 15. The van der Waals surface area contributed by atoms with Crippen molar-refractivity contribution in [1.82, 2.24) is 9.80 Å². The second-order valence-corrected chi connectivity index (χ2v) is 9.07. The number of likely N-dealkylation sites (N-methyl/N-ethyl adjacent to an activating group) is 2. The van der Waals surface area contributed by atoms with Crippen molar-refractivity contribution >= 4 is 0 Å². The Hall–Kier alpha value is -1.80. The van der Waals surface area contributed by atoms with Gasteiger partial charge in [-0.05, 0) is 64.0 Å². The highest BCUT2D eigenvalue weighted by atomic mass is 16.3. The third-order valence-corrected chi connectivity index (χ3v) is 5.94. The molecular weight excluding hydrogens is 400 g/mol. The summed E-state index contributed by atoms with van der Waals surface area (Å²) in [4.78, 5) is 4.28. The molecule has 0 saturated carbocycles. The zero-order valence-electron chi connectivity index (χ0n) is 19.7. The average molecular weight is 443 g/mol. The van der Waals surface area contributed by atoms with Gasteiger partial charge in [-0.1, -0.05) is 60.7 Å². The Bertz CT molecular complexity index is 668. The van der Waals surface area contributed by atoms with Crippen LogP contribution in [0.1, 0.15) is 24.0 Å². The van der Waals surface area contributed by atoms with Gasteiger partial charge in [0, 0.05) is 25.2 Å². The summed E-state index contributed by atoms with van der Waals surface area (Å²) in [5, 5.41) is 20.9. The van der Waals surface area contributed by atoms with E-state index in [1.807, 2.05) is 74.8 Å². The third kappa shape index (κ3) is 10.2. The fourth-order valence-corrected chi connectivity index (χ4v) is 3.90. The molecule has 2 aromatic rings. The predicted octanol–water partition coefficient (Wildman–Crippen LogP) is 1.49. The van der Waals surface area contributed by atoms with Crippen LogP contribution in [0.15, 0.2) is 60.7 Å². The number of unbranched alkanes of at least 4 members (excludes halogenated alkanes) is 1. The fourth-order valence-electron chi connectivity index (χ4n) is 3.90. The molecule has 32 heavy (non-hydrogen) atoms. The van der Waals surface area contributed by atoms with E-state index in [9.17, 15) is 10.2 Å². The van der Waals surface area contributed by atoms with Crippen molar-refractivity contribution < 1.29 is 10.2 Å². The molecule has 0 heterocycles. The first-order chi connectivity index (χ1) is 15.3. The molecule has 6 N–H and O–H groups in total. The molecule has 0 radical (unpaired) electrons.